The molecule has 19 heavy (non-hydrogen) atoms. The number of fused-ring (bicyclic) bond motifs is 2. The summed E-state index contributed by atoms with van der Waals surface area (Å²) in [5, 5.41) is 3.07. The van der Waals surface area contributed by atoms with Gasteiger partial charge in [0, 0.05) is 13.0 Å². The Hall–Kier alpha value is -1.31. The number of nitrogens with one attached hydrogen (secondary N) is 1. The predicted octanol–water partition coefficient (Wildman–Crippen LogP) is 3.44. The molecule has 2 aliphatic rings. The molecule has 2 nitrogen and oxygen atoms in total. The van der Waals surface area contributed by atoms with Gasteiger partial charge in [-0.15, -0.1) is 0 Å². The third-order valence-electron chi connectivity index (χ3n) is 4.94. The lowest BCUT2D eigenvalue weighted by Crippen LogP contribution is -2.26. The zero-order valence-corrected chi connectivity index (χ0v) is 11.7. The Morgan fingerprint density at radius 2 is 2.00 bits per heavy atom. The maximum Gasteiger partial charge on any atom is 0.220 e. The van der Waals surface area contributed by atoms with E-state index in [0.717, 1.165) is 18.3 Å². The van der Waals surface area contributed by atoms with Gasteiger partial charge in [0.05, 0.1) is 0 Å². The van der Waals surface area contributed by atoms with Gasteiger partial charge in [0.25, 0.3) is 0 Å². The highest BCUT2D eigenvalue weighted by atomic mass is 16.1. The van der Waals surface area contributed by atoms with Crippen LogP contribution in [-0.4, -0.2) is 5.91 Å². The van der Waals surface area contributed by atoms with Crippen LogP contribution in [0.4, 0.5) is 0 Å². The normalized spacial score (nSPS) is 28.6. The second kappa shape index (κ2) is 5.36. The molecule has 2 heteroatoms. The van der Waals surface area contributed by atoms with E-state index in [1.54, 1.807) is 0 Å². The molecule has 0 radical (unpaired) electrons. The monoisotopic (exact) mass is 257 g/mol. The van der Waals surface area contributed by atoms with Gasteiger partial charge in [-0.3, -0.25) is 4.79 Å². The van der Waals surface area contributed by atoms with Crippen molar-refractivity contribution in [3.05, 3.63) is 35.4 Å². The van der Waals surface area contributed by atoms with Gasteiger partial charge in [0.15, 0.2) is 0 Å². The highest BCUT2D eigenvalue weighted by Gasteiger charge is 2.39. The van der Waals surface area contributed by atoms with Gasteiger partial charge in [0.2, 0.25) is 5.91 Å². The SMILES string of the molecule is Cc1ccc(CNC(=O)C[C@H]2C[C@H]3CC[C@H]2C3)cc1. The minimum Gasteiger partial charge on any atom is -0.352 e. The summed E-state index contributed by atoms with van der Waals surface area (Å²) in [6.07, 6.45) is 6.19. The number of rotatable bonds is 4. The van der Waals surface area contributed by atoms with Crippen molar-refractivity contribution in [3.63, 3.8) is 0 Å². The lowest BCUT2D eigenvalue weighted by atomic mass is 9.86. The van der Waals surface area contributed by atoms with E-state index in [9.17, 15) is 4.79 Å². The predicted molar refractivity (Wildman–Crippen MR) is 76.6 cm³/mol. The molecule has 0 spiro atoms. The summed E-state index contributed by atoms with van der Waals surface area (Å²) in [4.78, 5) is 12.0. The van der Waals surface area contributed by atoms with Crippen molar-refractivity contribution in [3.8, 4) is 0 Å². The van der Waals surface area contributed by atoms with E-state index in [2.05, 4.69) is 36.5 Å². The summed E-state index contributed by atoms with van der Waals surface area (Å²) in [7, 11) is 0. The van der Waals surface area contributed by atoms with Gasteiger partial charge in [0.1, 0.15) is 0 Å². The molecule has 3 atom stereocenters. The first-order chi connectivity index (χ1) is 9.20. The fraction of sp³-hybridized carbons (Fsp3) is 0.588. The van der Waals surface area contributed by atoms with Gasteiger partial charge >= 0.3 is 0 Å². The Balaban J connectivity index is 1.45. The van der Waals surface area contributed by atoms with E-state index in [1.165, 1.54) is 36.8 Å². The molecule has 3 rings (SSSR count). The molecule has 0 aliphatic heterocycles. The first-order valence-electron chi connectivity index (χ1n) is 7.53. The minimum atomic E-state index is 0.234. The summed E-state index contributed by atoms with van der Waals surface area (Å²) >= 11 is 0. The smallest absolute Gasteiger partial charge is 0.220 e. The quantitative estimate of drug-likeness (QED) is 0.879. The highest BCUT2D eigenvalue weighted by molar-refractivity contribution is 5.76. The number of amides is 1. The standard InChI is InChI=1S/C17H23NO/c1-12-2-4-13(5-3-12)11-18-17(19)10-16-9-14-6-7-15(16)8-14/h2-5,14-16H,6-11H2,1H3,(H,18,19)/t14-,15-,16+/m0/s1. The third kappa shape index (κ3) is 2.99. The van der Waals surface area contributed by atoms with Crippen molar-refractivity contribution >= 4 is 5.91 Å². The van der Waals surface area contributed by atoms with Crippen molar-refractivity contribution in [1.82, 2.24) is 5.32 Å². The van der Waals surface area contributed by atoms with Crippen LogP contribution in [-0.2, 0) is 11.3 Å². The minimum absolute atomic E-state index is 0.234. The lowest BCUT2D eigenvalue weighted by molar-refractivity contribution is -0.122. The van der Waals surface area contributed by atoms with Gasteiger partial charge < -0.3 is 5.32 Å². The molecule has 1 amide bonds. The average Bonchev–Trinajstić information content (AvgIpc) is 3.00. The van der Waals surface area contributed by atoms with Crippen LogP contribution < -0.4 is 5.32 Å². The average molecular weight is 257 g/mol. The maximum atomic E-state index is 12.0. The Kier molecular flexibility index (Phi) is 3.58. The number of hydrogen-bond acceptors (Lipinski definition) is 1. The molecule has 102 valence electrons. The van der Waals surface area contributed by atoms with Crippen LogP contribution >= 0.6 is 0 Å². The molecule has 0 heterocycles. The van der Waals surface area contributed by atoms with E-state index in [-0.39, 0.29) is 5.91 Å². The molecule has 2 bridgehead atoms. The zero-order chi connectivity index (χ0) is 13.2. The Labute approximate surface area is 115 Å². The summed E-state index contributed by atoms with van der Waals surface area (Å²) in [6, 6.07) is 8.37. The van der Waals surface area contributed by atoms with Gasteiger partial charge in [-0.05, 0) is 49.5 Å². The molecule has 1 aromatic carbocycles. The molecule has 2 aliphatic carbocycles. The van der Waals surface area contributed by atoms with Crippen molar-refractivity contribution in [2.45, 2.75) is 45.6 Å². The van der Waals surface area contributed by atoms with Crippen molar-refractivity contribution < 1.29 is 4.79 Å². The van der Waals surface area contributed by atoms with Crippen molar-refractivity contribution in [2.75, 3.05) is 0 Å². The number of carbonyl (C=O) groups excluding carboxylic acids is 1. The Bertz CT molecular complexity index is 451. The first-order valence-corrected chi connectivity index (χ1v) is 7.53. The summed E-state index contributed by atoms with van der Waals surface area (Å²) in [5.41, 5.74) is 2.45. The van der Waals surface area contributed by atoms with Crippen molar-refractivity contribution in [1.29, 1.82) is 0 Å². The topological polar surface area (TPSA) is 29.1 Å². The van der Waals surface area contributed by atoms with E-state index < -0.39 is 0 Å². The Morgan fingerprint density at radius 1 is 1.21 bits per heavy atom. The van der Waals surface area contributed by atoms with E-state index in [0.29, 0.717) is 12.5 Å². The van der Waals surface area contributed by atoms with Crippen LogP contribution in [0.1, 0.15) is 43.2 Å². The fourth-order valence-electron chi connectivity index (χ4n) is 3.84. The van der Waals surface area contributed by atoms with Crippen LogP contribution in [0, 0.1) is 24.7 Å². The van der Waals surface area contributed by atoms with E-state index in [4.69, 9.17) is 0 Å². The van der Waals surface area contributed by atoms with Gasteiger partial charge in [-0.1, -0.05) is 36.2 Å². The first kappa shape index (κ1) is 12.7. The molecule has 2 fully saturated rings. The zero-order valence-electron chi connectivity index (χ0n) is 11.7. The molecule has 0 unspecified atom stereocenters. The fourth-order valence-corrected chi connectivity index (χ4v) is 3.84. The number of hydrogen-bond donors (Lipinski definition) is 1. The molecule has 2 saturated carbocycles. The van der Waals surface area contributed by atoms with E-state index >= 15 is 0 Å². The summed E-state index contributed by atoms with van der Waals surface area (Å²) in [6.45, 7) is 2.75. The largest absolute Gasteiger partial charge is 0.352 e. The Morgan fingerprint density at radius 3 is 2.63 bits per heavy atom. The van der Waals surface area contributed by atoms with Crippen LogP contribution in [0.15, 0.2) is 24.3 Å². The lowest BCUT2D eigenvalue weighted by Gasteiger charge is -2.20. The number of carbonyl (C=O) groups is 1. The maximum absolute atomic E-state index is 12.0. The van der Waals surface area contributed by atoms with Crippen LogP contribution in [0.3, 0.4) is 0 Å². The number of aryl methyl sites for hydroxylation is 1. The molecule has 1 N–H and O–H groups in total. The van der Waals surface area contributed by atoms with Crippen LogP contribution in [0.5, 0.6) is 0 Å². The molecular weight excluding hydrogens is 234 g/mol. The summed E-state index contributed by atoms with van der Waals surface area (Å²) in [5.74, 6) is 2.67. The summed E-state index contributed by atoms with van der Waals surface area (Å²) < 4.78 is 0. The van der Waals surface area contributed by atoms with Gasteiger partial charge in [-0.25, -0.2) is 0 Å². The van der Waals surface area contributed by atoms with Crippen LogP contribution in [0.2, 0.25) is 0 Å². The van der Waals surface area contributed by atoms with Crippen LogP contribution in [0.25, 0.3) is 0 Å². The highest BCUT2D eigenvalue weighted by Crippen LogP contribution is 2.49. The molecule has 0 saturated heterocycles. The third-order valence-corrected chi connectivity index (χ3v) is 4.94. The number of benzene rings is 1. The van der Waals surface area contributed by atoms with E-state index in [1.807, 2.05) is 0 Å². The second-order valence-corrected chi connectivity index (χ2v) is 6.40. The molecule has 1 aromatic rings. The van der Waals surface area contributed by atoms with Crippen molar-refractivity contribution in [2.24, 2.45) is 17.8 Å². The molecular formula is C17H23NO. The molecule has 0 aromatic heterocycles. The van der Waals surface area contributed by atoms with Gasteiger partial charge in [-0.2, -0.15) is 0 Å². The second-order valence-electron chi connectivity index (χ2n) is 6.40.